The van der Waals surface area contributed by atoms with Gasteiger partial charge in [0.25, 0.3) is 0 Å². The molecule has 0 unspecified atom stereocenters. The van der Waals surface area contributed by atoms with Crippen LogP contribution in [0.2, 0.25) is 0 Å². The first-order valence-electron chi connectivity index (χ1n) is 7.97. The number of hydrogen-bond acceptors (Lipinski definition) is 3. The molecule has 1 amide bonds. The quantitative estimate of drug-likeness (QED) is 0.724. The molecule has 1 aromatic heterocycles. The second kappa shape index (κ2) is 5.78. The normalized spacial score (nSPS) is 16.7. The van der Waals surface area contributed by atoms with Crippen LogP contribution in [0.5, 0.6) is 0 Å². The van der Waals surface area contributed by atoms with Crippen molar-refractivity contribution in [1.29, 1.82) is 0 Å². The molecule has 0 spiro atoms. The van der Waals surface area contributed by atoms with E-state index in [1.165, 1.54) is 10.3 Å². The first kappa shape index (κ1) is 14.4. The van der Waals surface area contributed by atoms with Crippen LogP contribution in [-0.2, 0) is 17.6 Å². The summed E-state index contributed by atoms with van der Waals surface area (Å²) in [5.74, 6) is 0.196. The monoisotopic (exact) mass is 322 g/mol. The lowest BCUT2D eigenvalue weighted by atomic mass is 10.1. The number of anilines is 1. The molecule has 0 aliphatic carbocycles. The molecule has 4 rings (SSSR count). The molecule has 3 nitrogen and oxygen atoms in total. The van der Waals surface area contributed by atoms with Gasteiger partial charge in [0.1, 0.15) is 0 Å². The van der Waals surface area contributed by atoms with E-state index in [1.807, 2.05) is 35.2 Å². The number of carbonyl (C=O) groups excluding carboxylic acids is 1. The molecule has 0 bridgehead atoms. The van der Waals surface area contributed by atoms with Gasteiger partial charge in [0, 0.05) is 24.6 Å². The van der Waals surface area contributed by atoms with Gasteiger partial charge >= 0.3 is 0 Å². The predicted molar refractivity (Wildman–Crippen MR) is 95.0 cm³/mol. The van der Waals surface area contributed by atoms with Crippen LogP contribution in [0.15, 0.2) is 48.5 Å². The summed E-state index contributed by atoms with van der Waals surface area (Å²) in [6.07, 6.45) is 2.17. The Morgan fingerprint density at radius 3 is 2.87 bits per heavy atom. The first-order valence-corrected chi connectivity index (χ1v) is 8.78. The van der Waals surface area contributed by atoms with Gasteiger partial charge in [0.05, 0.1) is 15.2 Å². The topological polar surface area (TPSA) is 33.2 Å². The van der Waals surface area contributed by atoms with Gasteiger partial charge < -0.3 is 4.90 Å². The molecule has 1 aliphatic heterocycles. The molecule has 3 aromatic rings. The van der Waals surface area contributed by atoms with Gasteiger partial charge in [-0.05, 0) is 37.1 Å². The number of nitrogens with zero attached hydrogens (tertiary/aromatic N) is 2. The van der Waals surface area contributed by atoms with E-state index in [-0.39, 0.29) is 11.9 Å². The lowest BCUT2D eigenvalue weighted by molar-refractivity contribution is -0.118. The molecule has 2 heterocycles. The first-order chi connectivity index (χ1) is 11.2. The highest BCUT2D eigenvalue weighted by Crippen LogP contribution is 2.32. The second-order valence-electron chi connectivity index (χ2n) is 6.02. The summed E-state index contributed by atoms with van der Waals surface area (Å²) in [7, 11) is 0. The number of amides is 1. The fourth-order valence-electron chi connectivity index (χ4n) is 3.31. The number of fused-ring (bicyclic) bond motifs is 2. The number of thiazole rings is 1. The van der Waals surface area contributed by atoms with E-state index in [2.05, 4.69) is 30.1 Å². The fourth-order valence-corrected chi connectivity index (χ4v) is 4.27. The van der Waals surface area contributed by atoms with E-state index < -0.39 is 0 Å². The minimum absolute atomic E-state index is 0.196. The second-order valence-corrected chi connectivity index (χ2v) is 7.14. The summed E-state index contributed by atoms with van der Waals surface area (Å²) in [6, 6.07) is 16.6. The smallest absolute Gasteiger partial charge is 0.227 e. The Balaban J connectivity index is 1.50. The zero-order chi connectivity index (χ0) is 15.8. The summed E-state index contributed by atoms with van der Waals surface area (Å²) in [6.45, 7) is 2.12. The Kier molecular flexibility index (Phi) is 3.62. The lowest BCUT2D eigenvalue weighted by Crippen LogP contribution is -2.35. The van der Waals surface area contributed by atoms with Crippen molar-refractivity contribution in [2.24, 2.45) is 0 Å². The zero-order valence-corrected chi connectivity index (χ0v) is 13.8. The van der Waals surface area contributed by atoms with Crippen LogP contribution >= 0.6 is 11.3 Å². The molecular weight excluding hydrogens is 304 g/mol. The van der Waals surface area contributed by atoms with Gasteiger partial charge in [0.15, 0.2) is 0 Å². The summed E-state index contributed by atoms with van der Waals surface area (Å²) >= 11 is 1.69. The summed E-state index contributed by atoms with van der Waals surface area (Å²) in [4.78, 5) is 19.3. The third-order valence-electron chi connectivity index (χ3n) is 4.37. The Bertz CT molecular complexity index is 837. The molecular formula is C19H18N2OS. The molecule has 23 heavy (non-hydrogen) atoms. The van der Waals surface area contributed by atoms with Crippen LogP contribution in [0, 0.1) is 0 Å². The van der Waals surface area contributed by atoms with Crippen molar-refractivity contribution in [2.45, 2.75) is 32.2 Å². The van der Waals surface area contributed by atoms with Crippen molar-refractivity contribution >= 4 is 33.1 Å². The predicted octanol–water partition coefficient (Wildman–Crippen LogP) is 4.21. The van der Waals surface area contributed by atoms with Crippen molar-refractivity contribution in [3.05, 3.63) is 59.1 Å². The zero-order valence-electron chi connectivity index (χ0n) is 13.0. The maximum atomic E-state index is 12.7. The molecule has 2 aromatic carbocycles. The molecule has 1 atom stereocenters. The van der Waals surface area contributed by atoms with E-state index >= 15 is 0 Å². The highest BCUT2D eigenvalue weighted by molar-refractivity contribution is 7.18. The lowest BCUT2D eigenvalue weighted by Gasteiger charge is -2.22. The van der Waals surface area contributed by atoms with Gasteiger partial charge in [-0.1, -0.05) is 30.3 Å². The number of aryl methyl sites for hydroxylation is 1. The van der Waals surface area contributed by atoms with Crippen molar-refractivity contribution in [1.82, 2.24) is 4.98 Å². The van der Waals surface area contributed by atoms with Crippen LogP contribution in [0.25, 0.3) is 10.2 Å². The van der Waals surface area contributed by atoms with Gasteiger partial charge in [-0.2, -0.15) is 0 Å². The molecule has 0 radical (unpaired) electrons. The number of carbonyl (C=O) groups is 1. The van der Waals surface area contributed by atoms with E-state index in [1.54, 1.807) is 11.3 Å². The minimum atomic E-state index is 0.196. The summed E-state index contributed by atoms with van der Waals surface area (Å²) < 4.78 is 1.19. The van der Waals surface area contributed by atoms with Crippen molar-refractivity contribution in [2.75, 3.05) is 4.90 Å². The summed E-state index contributed by atoms with van der Waals surface area (Å²) in [5.41, 5.74) is 3.38. The highest BCUT2D eigenvalue weighted by atomic mass is 32.1. The largest absolute Gasteiger partial charge is 0.309 e. The molecule has 1 aliphatic rings. The molecule has 0 fully saturated rings. The van der Waals surface area contributed by atoms with Crippen LogP contribution < -0.4 is 4.90 Å². The molecule has 4 heteroatoms. The maximum Gasteiger partial charge on any atom is 0.227 e. The van der Waals surface area contributed by atoms with Gasteiger partial charge in [0.2, 0.25) is 5.91 Å². The molecule has 0 saturated heterocycles. The Morgan fingerprint density at radius 2 is 2.00 bits per heavy atom. The Hall–Kier alpha value is -2.20. The van der Waals surface area contributed by atoms with Crippen LogP contribution in [0.4, 0.5) is 5.69 Å². The SMILES string of the molecule is C[C@H]1Cc2ccccc2N1C(=O)CCc1nc2ccccc2s1. The third-order valence-corrected chi connectivity index (χ3v) is 5.46. The summed E-state index contributed by atoms with van der Waals surface area (Å²) in [5, 5.41) is 1.04. The van der Waals surface area contributed by atoms with Crippen LogP contribution in [-0.4, -0.2) is 16.9 Å². The van der Waals surface area contributed by atoms with Crippen molar-refractivity contribution in [3.8, 4) is 0 Å². The van der Waals surface area contributed by atoms with Crippen molar-refractivity contribution < 1.29 is 4.79 Å². The minimum Gasteiger partial charge on any atom is -0.309 e. The van der Waals surface area contributed by atoms with E-state index in [9.17, 15) is 4.79 Å². The Labute approximate surface area is 139 Å². The number of aromatic nitrogens is 1. The average Bonchev–Trinajstić information content (AvgIpc) is 3.12. The number of benzene rings is 2. The van der Waals surface area contributed by atoms with E-state index in [4.69, 9.17) is 0 Å². The molecule has 116 valence electrons. The highest BCUT2D eigenvalue weighted by Gasteiger charge is 2.30. The van der Waals surface area contributed by atoms with Gasteiger partial charge in [-0.15, -0.1) is 11.3 Å². The van der Waals surface area contributed by atoms with Gasteiger partial charge in [-0.25, -0.2) is 4.98 Å². The Morgan fingerprint density at radius 1 is 1.22 bits per heavy atom. The van der Waals surface area contributed by atoms with Crippen LogP contribution in [0.1, 0.15) is 23.9 Å². The number of rotatable bonds is 3. The van der Waals surface area contributed by atoms with Crippen LogP contribution in [0.3, 0.4) is 0 Å². The van der Waals surface area contributed by atoms with E-state index in [0.717, 1.165) is 22.6 Å². The van der Waals surface area contributed by atoms with E-state index in [0.29, 0.717) is 12.8 Å². The van der Waals surface area contributed by atoms with Gasteiger partial charge in [-0.3, -0.25) is 4.79 Å². The maximum absolute atomic E-state index is 12.7. The fraction of sp³-hybridized carbons (Fsp3) is 0.263. The average molecular weight is 322 g/mol. The standard InChI is InChI=1S/C19H18N2OS/c1-13-12-14-6-2-4-8-16(14)21(13)19(22)11-10-18-20-15-7-3-5-9-17(15)23-18/h2-9,13H,10-12H2,1H3/t13-/m0/s1. The van der Waals surface area contributed by atoms with Crippen molar-refractivity contribution in [3.63, 3.8) is 0 Å². The third kappa shape index (κ3) is 2.63. The molecule has 0 saturated carbocycles. The number of hydrogen-bond donors (Lipinski definition) is 0. The molecule has 0 N–H and O–H groups in total. The number of para-hydroxylation sites is 2.